The highest BCUT2D eigenvalue weighted by molar-refractivity contribution is 9.10. The second kappa shape index (κ2) is 14.1. The number of rotatable bonds is 12. The molecular formula is C26H26BrClFNO5S2. The van der Waals surface area contributed by atoms with E-state index in [4.69, 9.17) is 33.3 Å². The van der Waals surface area contributed by atoms with Gasteiger partial charge in [-0.25, -0.2) is 4.39 Å². The Labute approximate surface area is 238 Å². The lowest BCUT2D eigenvalue weighted by Crippen LogP contribution is -2.29. The molecule has 6 nitrogen and oxygen atoms in total. The SMILES string of the molecule is CCOc1cc(/C=C2/SC(=S)N(CCCCCC(=O)OC)C2=O)cc(Br)c1OCc1c(F)cccc1Cl. The molecule has 37 heavy (non-hydrogen) atoms. The van der Waals surface area contributed by atoms with Crippen molar-refractivity contribution in [2.45, 2.75) is 39.2 Å². The first kappa shape index (κ1) is 29.4. The zero-order chi connectivity index (χ0) is 26.9. The van der Waals surface area contributed by atoms with Gasteiger partial charge in [0.1, 0.15) is 16.7 Å². The van der Waals surface area contributed by atoms with E-state index in [2.05, 4.69) is 20.7 Å². The molecule has 0 bridgehead atoms. The van der Waals surface area contributed by atoms with E-state index in [-0.39, 0.29) is 29.1 Å². The summed E-state index contributed by atoms with van der Waals surface area (Å²) in [6.07, 6.45) is 4.33. The van der Waals surface area contributed by atoms with E-state index < -0.39 is 5.82 Å². The maximum atomic E-state index is 14.2. The molecule has 2 aromatic carbocycles. The highest BCUT2D eigenvalue weighted by atomic mass is 79.9. The van der Waals surface area contributed by atoms with Crippen LogP contribution in [0.15, 0.2) is 39.7 Å². The van der Waals surface area contributed by atoms with E-state index in [9.17, 15) is 14.0 Å². The lowest BCUT2D eigenvalue weighted by molar-refractivity contribution is -0.140. The van der Waals surface area contributed by atoms with Crippen molar-refractivity contribution in [2.24, 2.45) is 0 Å². The number of thiocarbonyl (C=S) groups is 1. The quantitative estimate of drug-likeness (QED) is 0.107. The smallest absolute Gasteiger partial charge is 0.305 e. The molecule has 0 aliphatic carbocycles. The Balaban J connectivity index is 1.71. The Kier molecular flexibility index (Phi) is 11.2. The minimum Gasteiger partial charge on any atom is -0.490 e. The molecule has 0 unspecified atom stereocenters. The summed E-state index contributed by atoms with van der Waals surface area (Å²) in [6.45, 7) is 2.63. The monoisotopic (exact) mass is 629 g/mol. The molecule has 1 heterocycles. The Morgan fingerprint density at radius 3 is 2.73 bits per heavy atom. The van der Waals surface area contributed by atoms with Gasteiger partial charge in [0.2, 0.25) is 0 Å². The van der Waals surface area contributed by atoms with Gasteiger partial charge < -0.3 is 14.2 Å². The number of carbonyl (C=O) groups excluding carboxylic acids is 2. The highest BCUT2D eigenvalue weighted by Crippen LogP contribution is 2.40. The van der Waals surface area contributed by atoms with Crippen LogP contribution in [-0.4, -0.2) is 41.4 Å². The van der Waals surface area contributed by atoms with Crippen LogP contribution in [0.5, 0.6) is 11.5 Å². The average Bonchev–Trinajstić information content (AvgIpc) is 3.11. The number of halogens is 3. The van der Waals surface area contributed by atoms with Crippen molar-refractivity contribution in [3.05, 3.63) is 61.7 Å². The molecule has 3 rings (SSSR count). The molecule has 0 radical (unpaired) electrons. The Morgan fingerprint density at radius 1 is 1.24 bits per heavy atom. The van der Waals surface area contributed by atoms with Crippen LogP contribution in [0.1, 0.15) is 43.7 Å². The van der Waals surface area contributed by atoms with Gasteiger partial charge in [0, 0.05) is 18.5 Å². The highest BCUT2D eigenvalue weighted by Gasteiger charge is 2.31. The molecular weight excluding hydrogens is 605 g/mol. The second-order valence-corrected chi connectivity index (χ2v) is 10.9. The van der Waals surface area contributed by atoms with Crippen LogP contribution in [0.3, 0.4) is 0 Å². The van der Waals surface area contributed by atoms with Crippen LogP contribution in [0.4, 0.5) is 4.39 Å². The topological polar surface area (TPSA) is 65.1 Å². The fourth-order valence-electron chi connectivity index (χ4n) is 3.55. The zero-order valence-electron chi connectivity index (χ0n) is 20.4. The van der Waals surface area contributed by atoms with Gasteiger partial charge in [-0.05, 0) is 71.6 Å². The zero-order valence-corrected chi connectivity index (χ0v) is 24.3. The van der Waals surface area contributed by atoms with Gasteiger partial charge in [0.05, 0.1) is 28.1 Å². The Hall–Kier alpha value is -2.14. The molecule has 0 aromatic heterocycles. The molecule has 2 aromatic rings. The molecule has 0 N–H and O–H groups in total. The van der Waals surface area contributed by atoms with Crippen LogP contribution < -0.4 is 9.47 Å². The molecule has 0 spiro atoms. The molecule has 1 amide bonds. The maximum absolute atomic E-state index is 14.2. The van der Waals surface area contributed by atoms with Gasteiger partial charge in [0.15, 0.2) is 11.5 Å². The summed E-state index contributed by atoms with van der Waals surface area (Å²) in [5.41, 5.74) is 0.960. The number of esters is 1. The van der Waals surface area contributed by atoms with Gasteiger partial charge in [-0.15, -0.1) is 0 Å². The summed E-state index contributed by atoms with van der Waals surface area (Å²) in [5.74, 6) is -0.0108. The number of benzene rings is 2. The number of methoxy groups -OCH3 is 1. The minimum absolute atomic E-state index is 0.0815. The van der Waals surface area contributed by atoms with Gasteiger partial charge in [-0.1, -0.05) is 48.1 Å². The third-order valence-electron chi connectivity index (χ3n) is 5.42. The largest absolute Gasteiger partial charge is 0.490 e. The van der Waals surface area contributed by atoms with E-state index in [1.807, 2.05) is 6.92 Å². The molecule has 1 aliphatic heterocycles. The number of thioether (sulfide) groups is 1. The van der Waals surface area contributed by atoms with Crippen LogP contribution in [-0.2, 0) is 20.9 Å². The molecule has 0 atom stereocenters. The van der Waals surface area contributed by atoms with Crippen molar-refractivity contribution in [1.29, 1.82) is 0 Å². The van der Waals surface area contributed by atoms with Gasteiger partial charge in [0.25, 0.3) is 5.91 Å². The molecule has 1 fully saturated rings. The van der Waals surface area contributed by atoms with E-state index in [0.717, 1.165) is 12.8 Å². The van der Waals surface area contributed by atoms with Gasteiger partial charge >= 0.3 is 5.97 Å². The fraction of sp³-hybridized carbons (Fsp3) is 0.346. The average molecular weight is 631 g/mol. The third kappa shape index (κ3) is 7.92. The molecule has 1 aliphatic rings. The van der Waals surface area contributed by atoms with E-state index in [0.29, 0.717) is 56.8 Å². The molecule has 0 saturated carbocycles. The summed E-state index contributed by atoms with van der Waals surface area (Å²) in [4.78, 5) is 26.3. The van der Waals surface area contributed by atoms with Crippen LogP contribution >= 0.6 is 51.5 Å². The minimum atomic E-state index is -0.455. The lowest BCUT2D eigenvalue weighted by atomic mass is 10.1. The Bertz CT molecular complexity index is 1190. The van der Waals surface area contributed by atoms with Crippen molar-refractivity contribution in [3.8, 4) is 11.5 Å². The summed E-state index contributed by atoms with van der Waals surface area (Å²) in [6, 6.07) is 8.01. The third-order valence-corrected chi connectivity index (χ3v) is 7.74. The number of unbranched alkanes of at least 4 members (excludes halogenated alkanes) is 2. The van der Waals surface area contributed by atoms with Crippen LogP contribution in [0, 0.1) is 5.82 Å². The molecule has 1 saturated heterocycles. The van der Waals surface area contributed by atoms with Crippen molar-refractivity contribution in [1.82, 2.24) is 4.90 Å². The first-order valence-corrected chi connectivity index (χ1v) is 14.0. The number of hydrogen-bond donors (Lipinski definition) is 0. The normalized spacial score (nSPS) is 14.4. The summed E-state index contributed by atoms with van der Waals surface area (Å²) in [7, 11) is 1.37. The van der Waals surface area contributed by atoms with Crippen molar-refractivity contribution < 1.29 is 28.2 Å². The number of carbonyl (C=O) groups is 2. The number of ether oxygens (including phenoxy) is 3. The molecule has 198 valence electrons. The first-order chi connectivity index (χ1) is 17.7. The van der Waals surface area contributed by atoms with Crippen molar-refractivity contribution >= 4 is 73.8 Å². The fourth-order valence-corrected chi connectivity index (χ4v) is 5.65. The maximum Gasteiger partial charge on any atom is 0.305 e. The Morgan fingerprint density at radius 2 is 2.03 bits per heavy atom. The first-order valence-electron chi connectivity index (χ1n) is 11.6. The number of hydrogen-bond acceptors (Lipinski definition) is 7. The van der Waals surface area contributed by atoms with E-state index in [1.165, 1.54) is 31.0 Å². The van der Waals surface area contributed by atoms with Crippen LogP contribution in [0.2, 0.25) is 5.02 Å². The predicted molar refractivity (Wildman–Crippen MR) is 151 cm³/mol. The summed E-state index contributed by atoms with van der Waals surface area (Å²) in [5, 5.41) is 0.274. The molecule has 11 heteroatoms. The summed E-state index contributed by atoms with van der Waals surface area (Å²) >= 11 is 16.3. The van der Waals surface area contributed by atoms with E-state index in [1.54, 1.807) is 29.2 Å². The van der Waals surface area contributed by atoms with Crippen LogP contribution in [0.25, 0.3) is 6.08 Å². The summed E-state index contributed by atoms with van der Waals surface area (Å²) < 4.78 is 31.6. The lowest BCUT2D eigenvalue weighted by Gasteiger charge is -2.16. The second-order valence-electron chi connectivity index (χ2n) is 7.97. The van der Waals surface area contributed by atoms with Crippen molar-refractivity contribution in [2.75, 3.05) is 20.3 Å². The predicted octanol–water partition coefficient (Wildman–Crippen LogP) is 7.15. The number of nitrogens with zero attached hydrogens (tertiary/aromatic N) is 1. The van der Waals surface area contributed by atoms with Gasteiger partial charge in [-0.2, -0.15) is 0 Å². The number of amides is 1. The standard InChI is InChI=1S/C26H26BrClFNO5S2/c1-3-34-21-13-16(12-18(27)24(21)35-15-17-19(28)8-7-9-20(17)29)14-22-25(32)30(26(36)37-22)11-6-4-5-10-23(31)33-2/h7-9,12-14H,3-6,10-11,15H2,1-2H3/b22-14+. The van der Waals surface area contributed by atoms with Gasteiger partial charge in [-0.3, -0.25) is 14.5 Å². The van der Waals surface area contributed by atoms with E-state index >= 15 is 0 Å². The van der Waals surface area contributed by atoms with Crippen molar-refractivity contribution in [3.63, 3.8) is 0 Å².